The Morgan fingerprint density at radius 3 is 2.65 bits per heavy atom. The van der Waals surface area contributed by atoms with Gasteiger partial charge in [-0.1, -0.05) is 12.1 Å². The fourth-order valence-corrected chi connectivity index (χ4v) is 3.34. The summed E-state index contributed by atoms with van der Waals surface area (Å²) in [5, 5.41) is 19.8. The molecule has 23 heavy (non-hydrogen) atoms. The number of benzene rings is 2. The van der Waals surface area contributed by atoms with E-state index in [4.69, 9.17) is 4.74 Å². The van der Waals surface area contributed by atoms with Gasteiger partial charge in [-0.15, -0.1) is 0 Å². The molecule has 1 atom stereocenters. The van der Waals surface area contributed by atoms with Crippen LogP contribution < -0.4 is 4.74 Å². The molecule has 0 radical (unpaired) electrons. The molecule has 1 aliphatic heterocycles. The second-order valence-electron chi connectivity index (χ2n) is 6.29. The van der Waals surface area contributed by atoms with Crippen LogP contribution in [0.5, 0.6) is 17.2 Å². The van der Waals surface area contributed by atoms with Gasteiger partial charge in [0.1, 0.15) is 5.75 Å². The highest BCUT2D eigenvalue weighted by Gasteiger charge is 2.26. The molecular weight excluding hydrogens is 290 g/mol. The molecule has 2 N–H and O–H groups in total. The zero-order valence-electron chi connectivity index (χ0n) is 13.8. The van der Waals surface area contributed by atoms with E-state index in [9.17, 15) is 10.2 Å². The molecule has 3 rings (SSSR count). The van der Waals surface area contributed by atoms with Crippen LogP contribution in [0, 0.1) is 6.92 Å². The molecule has 0 saturated heterocycles. The van der Waals surface area contributed by atoms with Gasteiger partial charge in [0.05, 0.1) is 7.11 Å². The number of methoxy groups -OCH3 is 1. The summed E-state index contributed by atoms with van der Waals surface area (Å²) in [4.78, 5) is 2.32. The van der Waals surface area contributed by atoms with Crippen LogP contribution in [0.1, 0.15) is 28.3 Å². The van der Waals surface area contributed by atoms with Gasteiger partial charge in [0.2, 0.25) is 0 Å². The third kappa shape index (κ3) is 2.99. The van der Waals surface area contributed by atoms with E-state index in [0.717, 1.165) is 30.5 Å². The number of aryl methyl sites for hydroxylation is 1. The van der Waals surface area contributed by atoms with E-state index in [1.54, 1.807) is 13.2 Å². The highest BCUT2D eigenvalue weighted by molar-refractivity contribution is 5.49. The van der Waals surface area contributed by atoms with E-state index >= 15 is 0 Å². The molecule has 1 aliphatic rings. The Morgan fingerprint density at radius 2 is 1.96 bits per heavy atom. The number of phenolic OH excluding ortho intramolecular Hbond substituents is 2. The number of nitrogens with zero attached hydrogens (tertiary/aromatic N) is 1. The summed E-state index contributed by atoms with van der Waals surface area (Å²) < 4.78 is 5.23. The summed E-state index contributed by atoms with van der Waals surface area (Å²) in [6.45, 7) is 2.89. The topological polar surface area (TPSA) is 52.9 Å². The van der Waals surface area contributed by atoms with Gasteiger partial charge in [0.15, 0.2) is 11.5 Å². The van der Waals surface area contributed by atoms with Crippen molar-refractivity contribution in [2.75, 3.05) is 20.7 Å². The zero-order chi connectivity index (χ0) is 16.6. The zero-order valence-corrected chi connectivity index (χ0v) is 13.8. The van der Waals surface area contributed by atoms with Crippen LogP contribution in [-0.2, 0) is 12.8 Å². The molecule has 0 saturated carbocycles. The minimum atomic E-state index is 0.188. The van der Waals surface area contributed by atoms with E-state index < -0.39 is 0 Å². The van der Waals surface area contributed by atoms with Gasteiger partial charge >= 0.3 is 0 Å². The van der Waals surface area contributed by atoms with Crippen LogP contribution in [0.25, 0.3) is 0 Å². The second kappa shape index (κ2) is 6.13. The number of hydrogen-bond donors (Lipinski definition) is 2. The molecule has 1 heterocycles. The quantitative estimate of drug-likeness (QED) is 0.914. The lowest BCUT2D eigenvalue weighted by Gasteiger charge is -2.35. The molecule has 0 aliphatic carbocycles. The Bertz CT molecular complexity index is 727. The van der Waals surface area contributed by atoms with Crippen LogP contribution in [-0.4, -0.2) is 35.8 Å². The molecule has 4 nitrogen and oxygen atoms in total. The predicted molar refractivity (Wildman–Crippen MR) is 90.3 cm³/mol. The number of phenols is 2. The first-order valence-electron chi connectivity index (χ1n) is 7.88. The smallest absolute Gasteiger partial charge is 0.160 e. The van der Waals surface area contributed by atoms with E-state index in [-0.39, 0.29) is 11.8 Å². The van der Waals surface area contributed by atoms with E-state index in [1.807, 2.05) is 31.2 Å². The van der Waals surface area contributed by atoms with Crippen molar-refractivity contribution in [1.29, 1.82) is 0 Å². The molecule has 0 bridgehead atoms. The van der Waals surface area contributed by atoms with Crippen LogP contribution >= 0.6 is 0 Å². The van der Waals surface area contributed by atoms with Crippen molar-refractivity contribution < 1.29 is 14.9 Å². The Balaban J connectivity index is 1.96. The maximum Gasteiger partial charge on any atom is 0.160 e. The number of aromatic hydroxyl groups is 2. The monoisotopic (exact) mass is 313 g/mol. The lowest BCUT2D eigenvalue weighted by molar-refractivity contribution is 0.228. The van der Waals surface area contributed by atoms with E-state index in [1.165, 1.54) is 11.1 Å². The van der Waals surface area contributed by atoms with Crippen molar-refractivity contribution in [3.05, 3.63) is 52.6 Å². The van der Waals surface area contributed by atoms with E-state index in [2.05, 4.69) is 11.9 Å². The van der Waals surface area contributed by atoms with Crippen LogP contribution in [0.4, 0.5) is 0 Å². The van der Waals surface area contributed by atoms with Crippen molar-refractivity contribution in [2.45, 2.75) is 25.8 Å². The van der Waals surface area contributed by atoms with Gasteiger partial charge in [0.25, 0.3) is 0 Å². The highest BCUT2D eigenvalue weighted by Crippen LogP contribution is 2.38. The SMILES string of the molecule is COc1cc2c(cc1O)C(Cc1ccc(O)c(C)c1)N(C)CC2. The van der Waals surface area contributed by atoms with Crippen molar-refractivity contribution in [1.82, 2.24) is 4.90 Å². The van der Waals surface area contributed by atoms with Crippen molar-refractivity contribution in [3.63, 3.8) is 0 Å². The van der Waals surface area contributed by atoms with Gasteiger partial charge in [-0.25, -0.2) is 0 Å². The predicted octanol–water partition coefficient (Wildman–Crippen LogP) is 3.19. The molecule has 0 aromatic heterocycles. The summed E-state index contributed by atoms with van der Waals surface area (Å²) in [7, 11) is 3.69. The fraction of sp³-hybridized carbons (Fsp3) is 0.368. The molecule has 122 valence electrons. The molecule has 4 heteroatoms. The molecular formula is C19H23NO3. The summed E-state index contributed by atoms with van der Waals surface area (Å²) in [6.07, 6.45) is 1.80. The normalized spacial score (nSPS) is 17.8. The number of fused-ring (bicyclic) bond motifs is 1. The molecule has 1 unspecified atom stereocenters. The van der Waals surface area contributed by atoms with Gasteiger partial charge in [-0.05, 0) is 67.3 Å². The molecule has 2 aromatic rings. The highest BCUT2D eigenvalue weighted by atomic mass is 16.5. The average Bonchev–Trinajstić information content (AvgIpc) is 2.53. The van der Waals surface area contributed by atoms with Gasteiger partial charge < -0.3 is 14.9 Å². The van der Waals surface area contributed by atoms with E-state index in [0.29, 0.717) is 11.5 Å². The van der Waals surface area contributed by atoms with Gasteiger partial charge in [-0.2, -0.15) is 0 Å². The third-order valence-electron chi connectivity index (χ3n) is 4.76. The maximum atomic E-state index is 10.1. The molecule has 0 amide bonds. The number of likely N-dealkylation sites (N-methyl/N-ethyl adjacent to an activating group) is 1. The molecule has 2 aromatic carbocycles. The largest absolute Gasteiger partial charge is 0.508 e. The Morgan fingerprint density at radius 1 is 1.17 bits per heavy atom. The van der Waals surface area contributed by atoms with Crippen molar-refractivity contribution in [2.24, 2.45) is 0 Å². The minimum absolute atomic E-state index is 0.188. The Labute approximate surface area is 136 Å². The summed E-state index contributed by atoms with van der Waals surface area (Å²) in [6, 6.07) is 9.74. The molecule has 0 spiro atoms. The number of rotatable bonds is 3. The van der Waals surface area contributed by atoms with Crippen molar-refractivity contribution >= 4 is 0 Å². The maximum absolute atomic E-state index is 10.1. The van der Waals surface area contributed by atoms with Crippen molar-refractivity contribution in [3.8, 4) is 17.2 Å². The van der Waals surface area contributed by atoms with Crippen LogP contribution in [0.15, 0.2) is 30.3 Å². The Kier molecular flexibility index (Phi) is 4.18. The van der Waals surface area contributed by atoms with Crippen LogP contribution in [0.3, 0.4) is 0 Å². The average molecular weight is 313 g/mol. The number of ether oxygens (including phenoxy) is 1. The van der Waals surface area contributed by atoms with Gasteiger partial charge in [0, 0.05) is 12.6 Å². The first kappa shape index (κ1) is 15.7. The Hall–Kier alpha value is -2.20. The fourth-order valence-electron chi connectivity index (χ4n) is 3.34. The summed E-state index contributed by atoms with van der Waals surface area (Å²) >= 11 is 0. The van der Waals surface area contributed by atoms with Crippen LogP contribution in [0.2, 0.25) is 0 Å². The standard InChI is InChI=1S/C19H23NO3/c1-12-8-13(4-5-17(12)21)9-16-15-11-18(22)19(23-3)10-14(15)6-7-20(16)2/h4-5,8,10-11,16,21-22H,6-7,9H2,1-3H3. The van der Waals surface area contributed by atoms with Gasteiger partial charge in [-0.3, -0.25) is 4.90 Å². The second-order valence-corrected chi connectivity index (χ2v) is 6.29. The summed E-state index contributed by atoms with van der Waals surface area (Å²) in [5.74, 6) is 1.05. The first-order valence-corrected chi connectivity index (χ1v) is 7.88. The third-order valence-corrected chi connectivity index (χ3v) is 4.76. The minimum Gasteiger partial charge on any atom is -0.508 e. The molecule has 0 fully saturated rings. The summed E-state index contributed by atoms with van der Waals surface area (Å²) in [5.41, 5.74) is 4.46. The lowest BCUT2D eigenvalue weighted by atomic mass is 9.88. The first-order chi connectivity index (χ1) is 11.0. The number of hydrogen-bond acceptors (Lipinski definition) is 4. The lowest BCUT2D eigenvalue weighted by Crippen LogP contribution is -2.33.